The van der Waals surface area contributed by atoms with Crippen molar-refractivity contribution < 1.29 is 50.3 Å². The van der Waals surface area contributed by atoms with E-state index in [1.807, 2.05) is 0 Å². The van der Waals surface area contributed by atoms with Gasteiger partial charge in [-0.25, -0.2) is 0 Å². The van der Waals surface area contributed by atoms with Crippen molar-refractivity contribution in [2.45, 2.75) is 59.7 Å². The van der Waals surface area contributed by atoms with Crippen LogP contribution in [-0.2, 0) is 9.47 Å². The molecule has 0 amide bonds. The second-order valence-electron chi connectivity index (χ2n) is 5.53. The average molecular weight is 358 g/mol. The lowest BCUT2D eigenvalue weighted by Crippen LogP contribution is -2.61. The first-order valence-electron chi connectivity index (χ1n) is 7.08. The van der Waals surface area contributed by atoms with Gasteiger partial charge in [0.25, 0.3) is 0 Å². The maximum absolute atomic E-state index is 9.94. The van der Waals surface area contributed by atoms with Crippen molar-refractivity contribution in [3.63, 3.8) is 0 Å². The number of hydrogen-bond donors (Lipinski definition) is 8. The maximum atomic E-state index is 9.94. The fraction of sp³-hybridized carbons (Fsp3) is 1.00. The van der Waals surface area contributed by atoms with Gasteiger partial charge in [-0.1, -0.05) is 0 Å². The molecule has 10 nitrogen and oxygen atoms in total. The van der Waals surface area contributed by atoms with Crippen LogP contribution >= 0.6 is 11.8 Å². The van der Waals surface area contributed by atoms with Gasteiger partial charge in [-0.3, -0.25) is 0 Å². The Morgan fingerprint density at radius 1 is 0.739 bits per heavy atom. The lowest BCUT2D eigenvalue weighted by atomic mass is 9.99. The van der Waals surface area contributed by atoms with E-state index in [0.29, 0.717) is 0 Å². The van der Waals surface area contributed by atoms with Crippen LogP contribution in [0, 0.1) is 0 Å². The summed E-state index contributed by atoms with van der Waals surface area (Å²) in [5.41, 5.74) is -1.17. The minimum Gasteiger partial charge on any atom is -0.395 e. The third kappa shape index (κ3) is 3.80. The van der Waals surface area contributed by atoms with Gasteiger partial charge < -0.3 is 50.3 Å². The van der Waals surface area contributed by atoms with E-state index in [1.54, 1.807) is 0 Å². The lowest BCUT2D eigenvalue weighted by Gasteiger charge is -2.44. The predicted molar refractivity (Wildman–Crippen MR) is 75.1 cm³/mol. The fourth-order valence-electron chi connectivity index (χ4n) is 2.49. The Kier molecular flexibility index (Phi) is 6.61. The first-order chi connectivity index (χ1) is 10.8. The molecule has 0 unspecified atom stereocenters. The third-order valence-electron chi connectivity index (χ3n) is 3.97. The van der Waals surface area contributed by atoms with Gasteiger partial charge in [-0.15, -0.1) is 11.8 Å². The molecule has 10 atom stereocenters. The molecule has 2 rings (SSSR count). The van der Waals surface area contributed by atoms with Crippen LogP contribution in [0.3, 0.4) is 0 Å². The molecule has 2 heterocycles. The van der Waals surface area contributed by atoms with Crippen molar-refractivity contribution >= 4 is 11.8 Å². The van der Waals surface area contributed by atoms with E-state index in [4.69, 9.17) is 14.6 Å². The van der Waals surface area contributed by atoms with Gasteiger partial charge in [-0.05, 0) is 0 Å². The van der Waals surface area contributed by atoms with E-state index < -0.39 is 72.9 Å². The summed E-state index contributed by atoms with van der Waals surface area (Å²) in [5.74, 6) is 0. The van der Waals surface area contributed by atoms with Crippen LogP contribution in [0.25, 0.3) is 0 Å². The fourth-order valence-corrected chi connectivity index (χ4v) is 3.74. The zero-order chi connectivity index (χ0) is 17.3. The summed E-state index contributed by atoms with van der Waals surface area (Å²) < 4.78 is 10.5. The van der Waals surface area contributed by atoms with Gasteiger partial charge in [0, 0.05) is 0 Å². The second kappa shape index (κ2) is 7.89. The van der Waals surface area contributed by atoms with Gasteiger partial charge in [0.05, 0.1) is 24.6 Å². The van der Waals surface area contributed by atoms with Gasteiger partial charge in [0.2, 0.25) is 0 Å². The molecule has 2 aliphatic heterocycles. The van der Waals surface area contributed by atoms with Crippen LogP contribution < -0.4 is 0 Å². The van der Waals surface area contributed by atoms with Crippen LogP contribution in [0.1, 0.15) is 0 Å². The highest BCUT2D eigenvalue weighted by atomic mass is 32.2. The maximum Gasteiger partial charge on any atom is 0.188 e. The topological polar surface area (TPSA) is 180 Å². The van der Waals surface area contributed by atoms with Gasteiger partial charge in [-0.2, -0.15) is 0 Å². The Morgan fingerprint density at radius 3 is 1.91 bits per heavy atom. The summed E-state index contributed by atoms with van der Waals surface area (Å²) in [7, 11) is 0. The Bertz CT molecular complexity index is 349. The van der Waals surface area contributed by atoms with E-state index in [0.717, 1.165) is 11.8 Å². The zero-order valence-electron chi connectivity index (χ0n) is 12.0. The molecule has 2 fully saturated rings. The smallest absolute Gasteiger partial charge is 0.188 e. The number of aliphatic hydroxyl groups excluding tert-OH is 8. The number of thioether (sulfide) groups is 1. The number of rotatable bonds is 4. The van der Waals surface area contributed by atoms with Gasteiger partial charge in [0.15, 0.2) is 6.29 Å². The van der Waals surface area contributed by atoms with Crippen molar-refractivity contribution in [3.8, 4) is 0 Å². The second-order valence-corrected chi connectivity index (χ2v) is 6.87. The van der Waals surface area contributed by atoms with Crippen LogP contribution in [0.4, 0.5) is 0 Å². The quantitative estimate of drug-likeness (QED) is 0.242. The molecule has 0 spiro atoms. The highest BCUT2D eigenvalue weighted by Crippen LogP contribution is 2.35. The summed E-state index contributed by atoms with van der Waals surface area (Å²) in [5, 5.41) is 76.1. The molecule has 0 bridgehead atoms. The Labute approximate surface area is 135 Å². The first kappa shape index (κ1) is 19.3. The molecule has 0 aliphatic carbocycles. The Morgan fingerprint density at radius 2 is 1.35 bits per heavy atom. The molecule has 8 N–H and O–H groups in total. The molecular formula is C12H22O10S. The number of aliphatic hydroxyl groups is 8. The molecule has 0 radical (unpaired) electrons. The van der Waals surface area contributed by atoms with E-state index in [9.17, 15) is 35.7 Å². The van der Waals surface area contributed by atoms with E-state index in [2.05, 4.69) is 0 Å². The molecule has 2 aliphatic rings. The monoisotopic (exact) mass is 358 g/mol. The highest BCUT2D eigenvalue weighted by molar-refractivity contribution is 8.00. The van der Waals surface area contributed by atoms with E-state index in [-0.39, 0.29) is 0 Å². The molecule has 11 heteroatoms. The van der Waals surface area contributed by atoms with Gasteiger partial charge >= 0.3 is 0 Å². The summed E-state index contributed by atoms with van der Waals surface area (Å²) in [6.07, 6.45) is -12.0. The third-order valence-corrected chi connectivity index (χ3v) is 5.40. The van der Waals surface area contributed by atoms with Crippen LogP contribution in [0.5, 0.6) is 0 Å². The SMILES string of the molecule is OC[C@H]1O[C@@H](O[C@@H]2S[C@H](CO)[C@@H](O)[C@H](O)[C@H]2O)[C@H](O)[C@@H](O)[C@@H]1O. The zero-order valence-corrected chi connectivity index (χ0v) is 12.8. The van der Waals surface area contributed by atoms with Crippen LogP contribution in [0.2, 0.25) is 0 Å². The highest BCUT2D eigenvalue weighted by Gasteiger charge is 2.49. The van der Waals surface area contributed by atoms with E-state index in [1.165, 1.54) is 0 Å². The molecule has 23 heavy (non-hydrogen) atoms. The Balaban J connectivity index is 2.07. The molecule has 0 aromatic rings. The van der Waals surface area contributed by atoms with Crippen molar-refractivity contribution in [1.29, 1.82) is 0 Å². The minimum absolute atomic E-state index is 0.482. The van der Waals surface area contributed by atoms with Crippen molar-refractivity contribution in [3.05, 3.63) is 0 Å². The lowest BCUT2D eigenvalue weighted by molar-refractivity contribution is -0.311. The summed E-state index contributed by atoms with van der Waals surface area (Å²) in [4.78, 5) is 0. The molecule has 0 aromatic carbocycles. The van der Waals surface area contributed by atoms with Crippen molar-refractivity contribution in [2.75, 3.05) is 13.2 Å². The normalized spacial score (nSPS) is 51.7. The number of ether oxygens (including phenoxy) is 2. The molecule has 136 valence electrons. The Hall–Kier alpha value is -0.0500. The standard InChI is InChI=1S/C12H22O10S/c13-1-3-5(15)7(17)9(19)11(21-3)22-12-10(20)8(18)6(16)4(2-14)23-12/h3-20H,1-2H2/t3-,4-,5-,6-,7+,8+,9-,10-,11+,12-/m1/s1. The van der Waals surface area contributed by atoms with Crippen LogP contribution in [-0.4, -0.2) is 114 Å². The van der Waals surface area contributed by atoms with Crippen molar-refractivity contribution in [1.82, 2.24) is 0 Å². The molecule has 2 saturated heterocycles. The van der Waals surface area contributed by atoms with Crippen LogP contribution in [0.15, 0.2) is 0 Å². The van der Waals surface area contributed by atoms with E-state index >= 15 is 0 Å². The summed E-state index contributed by atoms with van der Waals surface area (Å²) >= 11 is 0.828. The predicted octanol–water partition coefficient (Wildman–Crippen LogP) is -4.68. The average Bonchev–Trinajstić information content (AvgIpc) is 2.55. The largest absolute Gasteiger partial charge is 0.395 e. The number of hydrogen-bond acceptors (Lipinski definition) is 11. The molecular weight excluding hydrogens is 336 g/mol. The molecule has 0 saturated carbocycles. The van der Waals surface area contributed by atoms with Gasteiger partial charge in [0.1, 0.15) is 42.1 Å². The first-order valence-corrected chi connectivity index (χ1v) is 8.02. The minimum atomic E-state index is -1.66. The summed E-state index contributed by atoms with van der Waals surface area (Å²) in [6.45, 7) is -1.12. The summed E-state index contributed by atoms with van der Waals surface area (Å²) in [6, 6.07) is 0. The van der Waals surface area contributed by atoms with Crippen molar-refractivity contribution in [2.24, 2.45) is 0 Å². The molecule has 0 aromatic heterocycles.